The Morgan fingerprint density at radius 3 is 2.79 bits per heavy atom. The summed E-state index contributed by atoms with van der Waals surface area (Å²) in [7, 11) is 1.37. The van der Waals surface area contributed by atoms with E-state index in [1.54, 1.807) is 0 Å². The minimum atomic E-state index is -0.503. The maximum Gasteiger partial charge on any atom is 0.252 e. The topological polar surface area (TPSA) is 47.6 Å². The summed E-state index contributed by atoms with van der Waals surface area (Å²) in [6.45, 7) is 1.30. The molecule has 4 nitrogen and oxygen atoms in total. The van der Waals surface area contributed by atoms with Gasteiger partial charge in [0, 0.05) is 23.7 Å². The van der Waals surface area contributed by atoms with Crippen molar-refractivity contribution < 1.29 is 18.7 Å². The minimum absolute atomic E-state index is 0.0559. The first kappa shape index (κ1) is 14.3. The summed E-state index contributed by atoms with van der Waals surface area (Å²) in [5.41, 5.74) is 0.366. The molecular formula is C13H15BrFNO3. The second-order valence-corrected chi connectivity index (χ2v) is 5.18. The van der Waals surface area contributed by atoms with Crippen LogP contribution in [0.4, 0.5) is 4.39 Å². The zero-order valence-electron chi connectivity index (χ0n) is 10.5. The van der Waals surface area contributed by atoms with E-state index >= 15 is 0 Å². The third-order valence-corrected chi connectivity index (χ3v) is 3.70. The molecule has 0 aromatic heterocycles. The fraction of sp³-hybridized carbons (Fsp3) is 0.462. The molecule has 1 aliphatic rings. The van der Waals surface area contributed by atoms with Crippen LogP contribution in [0.5, 0.6) is 5.75 Å². The van der Waals surface area contributed by atoms with Crippen LogP contribution in [-0.2, 0) is 4.74 Å². The molecule has 6 heteroatoms. The molecule has 1 aromatic carbocycles. The van der Waals surface area contributed by atoms with Crippen LogP contribution in [0.3, 0.4) is 0 Å². The van der Waals surface area contributed by atoms with E-state index in [1.807, 2.05) is 0 Å². The fourth-order valence-corrected chi connectivity index (χ4v) is 2.46. The summed E-state index contributed by atoms with van der Waals surface area (Å²) in [5, 5.41) is 2.92. The number of hydrogen-bond acceptors (Lipinski definition) is 3. The average molecular weight is 332 g/mol. The van der Waals surface area contributed by atoms with Gasteiger partial charge in [0.25, 0.3) is 5.91 Å². The average Bonchev–Trinajstić information content (AvgIpc) is 2.40. The van der Waals surface area contributed by atoms with E-state index in [0.29, 0.717) is 23.2 Å². The van der Waals surface area contributed by atoms with Crippen LogP contribution in [0, 0.1) is 5.82 Å². The number of halogens is 2. The highest BCUT2D eigenvalue weighted by Gasteiger charge is 2.20. The van der Waals surface area contributed by atoms with Gasteiger partial charge < -0.3 is 14.8 Å². The first-order chi connectivity index (χ1) is 9.11. The minimum Gasteiger partial charge on any atom is -0.494 e. The van der Waals surface area contributed by atoms with Crippen LogP contribution < -0.4 is 10.1 Å². The Balaban J connectivity index is 2.13. The van der Waals surface area contributed by atoms with Crippen molar-refractivity contribution in [1.29, 1.82) is 0 Å². The maximum atomic E-state index is 13.4. The zero-order chi connectivity index (χ0) is 13.8. The lowest BCUT2D eigenvalue weighted by atomic mass is 10.1. The summed E-state index contributed by atoms with van der Waals surface area (Å²) in [6.07, 6.45) is 1.59. The van der Waals surface area contributed by atoms with E-state index in [9.17, 15) is 9.18 Å². The molecule has 0 aliphatic carbocycles. The summed E-state index contributed by atoms with van der Waals surface area (Å²) < 4.78 is 24.0. The zero-order valence-corrected chi connectivity index (χ0v) is 12.1. The Labute approximate surface area is 119 Å². The molecule has 0 spiro atoms. The van der Waals surface area contributed by atoms with Crippen LogP contribution in [0.15, 0.2) is 16.6 Å². The lowest BCUT2D eigenvalue weighted by Crippen LogP contribution is -2.39. The van der Waals surface area contributed by atoms with Gasteiger partial charge in [0.05, 0.1) is 12.7 Å². The summed E-state index contributed by atoms with van der Waals surface area (Å²) in [6, 6.07) is 2.73. The van der Waals surface area contributed by atoms with E-state index < -0.39 is 5.82 Å². The second-order valence-electron chi connectivity index (χ2n) is 4.33. The number of benzene rings is 1. The molecule has 1 aliphatic heterocycles. The van der Waals surface area contributed by atoms with Crippen molar-refractivity contribution in [2.75, 3.05) is 20.3 Å². The van der Waals surface area contributed by atoms with Crippen molar-refractivity contribution >= 4 is 21.8 Å². The summed E-state index contributed by atoms with van der Waals surface area (Å²) in [5.74, 6) is -0.686. The molecule has 0 bridgehead atoms. The van der Waals surface area contributed by atoms with Gasteiger partial charge in [-0.15, -0.1) is 0 Å². The molecule has 19 heavy (non-hydrogen) atoms. The molecule has 0 radical (unpaired) electrons. The van der Waals surface area contributed by atoms with Gasteiger partial charge in [-0.2, -0.15) is 0 Å². The lowest BCUT2D eigenvalue weighted by Gasteiger charge is -2.23. The van der Waals surface area contributed by atoms with Crippen LogP contribution in [0.1, 0.15) is 23.2 Å². The van der Waals surface area contributed by atoms with E-state index in [0.717, 1.165) is 12.8 Å². The molecule has 2 rings (SSSR count). The Kier molecular flexibility index (Phi) is 4.76. The van der Waals surface area contributed by atoms with Crippen LogP contribution in [0.25, 0.3) is 0 Å². The molecule has 0 atom stereocenters. The van der Waals surface area contributed by atoms with Crippen molar-refractivity contribution in [2.24, 2.45) is 0 Å². The van der Waals surface area contributed by atoms with Crippen molar-refractivity contribution in [2.45, 2.75) is 18.9 Å². The van der Waals surface area contributed by atoms with Crippen LogP contribution in [-0.4, -0.2) is 32.3 Å². The van der Waals surface area contributed by atoms with Gasteiger partial charge in [-0.05, 0) is 40.9 Å². The number of amides is 1. The molecule has 1 aromatic rings. The van der Waals surface area contributed by atoms with Crippen molar-refractivity contribution in [3.05, 3.63) is 28.0 Å². The molecule has 1 N–H and O–H groups in total. The number of nitrogens with one attached hydrogen (secondary N) is 1. The lowest BCUT2D eigenvalue weighted by molar-refractivity contribution is 0.0696. The monoisotopic (exact) mass is 331 g/mol. The maximum absolute atomic E-state index is 13.4. The van der Waals surface area contributed by atoms with Crippen LogP contribution in [0.2, 0.25) is 0 Å². The Bertz CT molecular complexity index is 475. The van der Waals surface area contributed by atoms with Gasteiger partial charge in [0.2, 0.25) is 0 Å². The number of ether oxygens (including phenoxy) is 2. The van der Waals surface area contributed by atoms with Crippen molar-refractivity contribution in [3.8, 4) is 5.75 Å². The molecular weight excluding hydrogens is 317 g/mol. The first-order valence-electron chi connectivity index (χ1n) is 6.03. The normalized spacial score (nSPS) is 16.2. The second kappa shape index (κ2) is 6.34. The standard InChI is InChI=1S/C13H15BrFNO3/c1-18-12-6-9(10(14)7-11(12)15)13(17)16-8-2-4-19-5-3-8/h6-8H,2-5H2,1H3,(H,16,17). The predicted molar refractivity (Wildman–Crippen MR) is 72.0 cm³/mol. The highest BCUT2D eigenvalue weighted by atomic mass is 79.9. The smallest absolute Gasteiger partial charge is 0.252 e. The Hall–Kier alpha value is -1.14. The number of carbonyl (C=O) groups excluding carboxylic acids is 1. The van der Waals surface area contributed by atoms with Crippen molar-refractivity contribution in [1.82, 2.24) is 5.32 Å². The predicted octanol–water partition coefficient (Wildman–Crippen LogP) is 2.51. The van der Waals surface area contributed by atoms with E-state index in [1.165, 1.54) is 19.2 Å². The largest absolute Gasteiger partial charge is 0.494 e. The Morgan fingerprint density at radius 1 is 1.47 bits per heavy atom. The summed E-state index contributed by atoms with van der Waals surface area (Å²) >= 11 is 3.19. The molecule has 0 unspecified atom stereocenters. The van der Waals surface area contributed by atoms with Gasteiger partial charge in [0.15, 0.2) is 11.6 Å². The number of methoxy groups -OCH3 is 1. The van der Waals surface area contributed by atoms with Gasteiger partial charge in [0.1, 0.15) is 0 Å². The quantitative estimate of drug-likeness (QED) is 0.925. The van der Waals surface area contributed by atoms with Gasteiger partial charge >= 0.3 is 0 Å². The molecule has 1 heterocycles. The molecule has 104 valence electrons. The van der Waals surface area contributed by atoms with Crippen LogP contribution >= 0.6 is 15.9 Å². The van der Waals surface area contributed by atoms with Gasteiger partial charge in [-0.1, -0.05) is 0 Å². The molecule has 0 saturated carbocycles. The van der Waals surface area contributed by atoms with Gasteiger partial charge in [-0.25, -0.2) is 4.39 Å². The molecule has 1 fully saturated rings. The molecule has 1 amide bonds. The van der Waals surface area contributed by atoms with E-state index in [4.69, 9.17) is 9.47 Å². The highest BCUT2D eigenvalue weighted by molar-refractivity contribution is 9.10. The SMILES string of the molecule is COc1cc(C(=O)NC2CCOCC2)c(Br)cc1F. The number of rotatable bonds is 3. The third kappa shape index (κ3) is 3.45. The third-order valence-electron chi connectivity index (χ3n) is 3.04. The number of hydrogen-bond donors (Lipinski definition) is 1. The first-order valence-corrected chi connectivity index (χ1v) is 6.82. The Morgan fingerprint density at radius 2 is 2.16 bits per heavy atom. The highest BCUT2D eigenvalue weighted by Crippen LogP contribution is 2.26. The molecule has 1 saturated heterocycles. The number of carbonyl (C=O) groups is 1. The van der Waals surface area contributed by atoms with E-state index in [2.05, 4.69) is 21.2 Å². The van der Waals surface area contributed by atoms with E-state index in [-0.39, 0.29) is 17.7 Å². The summed E-state index contributed by atoms with van der Waals surface area (Å²) in [4.78, 5) is 12.2. The fourth-order valence-electron chi connectivity index (χ4n) is 1.96. The van der Waals surface area contributed by atoms with Crippen molar-refractivity contribution in [3.63, 3.8) is 0 Å². The van der Waals surface area contributed by atoms with Gasteiger partial charge in [-0.3, -0.25) is 4.79 Å².